The predicted molar refractivity (Wildman–Crippen MR) is 64.2 cm³/mol. The molecule has 3 nitrogen and oxygen atoms in total. The van der Waals surface area contributed by atoms with Crippen LogP contribution in [0, 0.1) is 0 Å². The molecule has 0 aromatic carbocycles. The van der Waals surface area contributed by atoms with Crippen LogP contribution in [0.25, 0.3) is 0 Å². The molecule has 0 aliphatic carbocycles. The summed E-state index contributed by atoms with van der Waals surface area (Å²) >= 11 is 0. The van der Waals surface area contributed by atoms with E-state index in [0.29, 0.717) is 6.61 Å². The first kappa shape index (κ1) is 14.4. The van der Waals surface area contributed by atoms with Gasteiger partial charge in [0.15, 0.2) is 0 Å². The van der Waals surface area contributed by atoms with Crippen LogP contribution in [0.3, 0.4) is 0 Å². The summed E-state index contributed by atoms with van der Waals surface area (Å²) in [5.74, 6) is -0.332. The van der Waals surface area contributed by atoms with E-state index in [2.05, 4.69) is 29.8 Å². The Morgan fingerprint density at radius 2 is 1.87 bits per heavy atom. The van der Waals surface area contributed by atoms with E-state index in [4.69, 9.17) is 0 Å². The molecule has 0 radical (unpaired) electrons. The first-order valence-corrected chi connectivity index (χ1v) is 8.46. The third kappa shape index (κ3) is 5.13. The first-order valence-electron chi connectivity index (χ1n) is 5.57. The summed E-state index contributed by atoms with van der Waals surface area (Å²) in [7, 11) is -0.928. The fourth-order valence-electron chi connectivity index (χ4n) is 1.48. The molecule has 0 saturated heterocycles. The lowest BCUT2D eigenvalue weighted by Gasteiger charge is -2.12. The second kappa shape index (κ2) is 7.65. The van der Waals surface area contributed by atoms with Crippen LogP contribution in [0.2, 0.25) is 13.1 Å². The fraction of sp³-hybridized carbons (Fsp3) is 0.727. The molecule has 0 rings (SSSR count). The minimum atomic E-state index is -0.928. The van der Waals surface area contributed by atoms with Gasteiger partial charge in [-0.3, -0.25) is 4.89 Å². The second-order valence-corrected chi connectivity index (χ2v) is 6.84. The Labute approximate surface area is 94.0 Å². The summed E-state index contributed by atoms with van der Waals surface area (Å²) in [6, 6.07) is 0. The van der Waals surface area contributed by atoms with Gasteiger partial charge in [0, 0.05) is 5.57 Å². The minimum Gasteiger partial charge on any atom is -0.293 e. The Morgan fingerprint density at radius 1 is 1.27 bits per heavy atom. The Hall–Kier alpha value is -0.613. The third-order valence-electron chi connectivity index (χ3n) is 2.26. The van der Waals surface area contributed by atoms with Gasteiger partial charge in [-0.1, -0.05) is 31.6 Å². The number of carbonyl (C=O) groups is 1. The van der Waals surface area contributed by atoms with Gasteiger partial charge in [0.1, 0.15) is 0 Å². The summed E-state index contributed by atoms with van der Waals surface area (Å²) < 4.78 is 0. The molecule has 0 unspecified atom stereocenters. The standard InChI is InChI=1S/C11H22O3Si/c1-6-8-10(15(4)5)9(3)11(12)14-13-7-2/h15H,6-8H2,1-5H3. The van der Waals surface area contributed by atoms with Crippen LogP contribution in [0.1, 0.15) is 33.6 Å². The van der Waals surface area contributed by atoms with E-state index < -0.39 is 8.80 Å². The Bertz CT molecular complexity index is 234. The zero-order valence-corrected chi connectivity index (χ0v) is 11.6. The van der Waals surface area contributed by atoms with Crippen LogP contribution in [-0.2, 0) is 14.6 Å². The second-order valence-electron chi connectivity index (χ2n) is 3.83. The number of hydrogen-bond acceptors (Lipinski definition) is 3. The molecule has 0 aromatic heterocycles. The zero-order chi connectivity index (χ0) is 11.8. The maximum absolute atomic E-state index is 11.5. The predicted octanol–water partition coefficient (Wildman–Crippen LogP) is 2.62. The van der Waals surface area contributed by atoms with Gasteiger partial charge in [-0.15, -0.1) is 0 Å². The quantitative estimate of drug-likeness (QED) is 0.304. The fourth-order valence-corrected chi connectivity index (χ4v) is 3.33. The molecular weight excluding hydrogens is 208 g/mol. The Morgan fingerprint density at radius 3 is 2.27 bits per heavy atom. The average molecular weight is 230 g/mol. The van der Waals surface area contributed by atoms with Crippen molar-refractivity contribution in [2.24, 2.45) is 0 Å². The lowest BCUT2D eigenvalue weighted by atomic mass is 10.2. The summed E-state index contributed by atoms with van der Waals surface area (Å²) in [6.45, 7) is 10.6. The topological polar surface area (TPSA) is 35.5 Å². The van der Waals surface area contributed by atoms with Crippen molar-refractivity contribution in [2.45, 2.75) is 46.7 Å². The van der Waals surface area contributed by atoms with E-state index in [1.807, 2.05) is 6.92 Å². The maximum atomic E-state index is 11.5. The lowest BCUT2D eigenvalue weighted by Crippen LogP contribution is -2.15. The number of hydrogen-bond donors (Lipinski definition) is 0. The van der Waals surface area contributed by atoms with Crippen molar-refractivity contribution in [2.75, 3.05) is 6.61 Å². The van der Waals surface area contributed by atoms with Gasteiger partial charge in [0.2, 0.25) is 0 Å². The highest BCUT2D eigenvalue weighted by Gasteiger charge is 2.15. The monoisotopic (exact) mass is 230 g/mol. The molecule has 0 amide bonds. The molecule has 0 saturated carbocycles. The largest absolute Gasteiger partial charge is 0.368 e. The van der Waals surface area contributed by atoms with Gasteiger partial charge in [0.05, 0.1) is 15.4 Å². The van der Waals surface area contributed by atoms with E-state index in [0.717, 1.165) is 18.4 Å². The van der Waals surface area contributed by atoms with Gasteiger partial charge in [-0.25, -0.2) is 4.79 Å². The molecule has 0 aliphatic rings. The van der Waals surface area contributed by atoms with Gasteiger partial charge in [0.25, 0.3) is 0 Å². The van der Waals surface area contributed by atoms with Crippen LogP contribution in [0.15, 0.2) is 10.8 Å². The molecule has 0 fully saturated rings. The third-order valence-corrected chi connectivity index (χ3v) is 4.37. The van der Waals surface area contributed by atoms with E-state index in [1.54, 1.807) is 6.92 Å². The lowest BCUT2D eigenvalue weighted by molar-refractivity contribution is -0.265. The van der Waals surface area contributed by atoms with Crippen molar-refractivity contribution in [3.8, 4) is 0 Å². The normalized spacial score (nSPS) is 12.7. The van der Waals surface area contributed by atoms with Gasteiger partial charge >= 0.3 is 5.97 Å². The van der Waals surface area contributed by atoms with Crippen LogP contribution >= 0.6 is 0 Å². The highest BCUT2D eigenvalue weighted by Crippen LogP contribution is 2.16. The highest BCUT2D eigenvalue weighted by molar-refractivity contribution is 6.64. The number of carbonyl (C=O) groups excluding carboxylic acids is 1. The molecule has 88 valence electrons. The van der Waals surface area contributed by atoms with E-state index in [-0.39, 0.29) is 5.97 Å². The average Bonchev–Trinajstić information content (AvgIpc) is 2.21. The minimum absolute atomic E-state index is 0.332. The van der Waals surface area contributed by atoms with Crippen LogP contribution < -0.4 is 0 Å². The van der Waals surface area contributed by atoms with E-state index >= 15 is 0 Å². The number of allylic oxidation sites excluding steroid dienone is 1. The first-order chi connectivity index (χ1) is 7.04. The van der Waals surface area contributed by atoms with E-state index in [1.165, 1.54) is 5.20 Å². The van der Waals surface area contributed by atoms with Gasteiger partial charge < -0.3 is 0 Å². The number of rotatable bonds is 6. The summed E-state index contributed by atoms with van der Waals surface area (Å²) in [5.41, 5.74) is 0.743. The Balaban J connectivity index is 4.60. The van der Waals surface area contributed by atoms with Crippen LogP contribution in [0.5, 0.6) is 0 Å². The molecule has 15 heavy (non-hydrogen) atoms. The molecule has 0 spiro atoms. The molecule has 0 heterocycles. The summed E-state index contributed by atoms with van der Waals surface area (Å²) in [5, 5.41) is 1.29. The Kier molecular flexibility index (Phi) is 7.34. The van der Waals surface area contributed by atoms with Crippen molar-refractivity contribution in [3.05, 3.63) is 10.8 Å². The zero-order valence-electron chi connectivity index (χ0n) is 10.4. The van der Waals surface area contributed by atoms with Crippen LogP contribution in [0.4, 0.5) is 0 Å². The summed E-state index contributed by atoms with van der Waals surface area (Å²) in [4.78, 5) is 20.9. The SMILES string of the molecule is CCCC(=C(C)C(=O)OOCC)[SiH](C)C. The summed E-state index contributed by atoms with van der Waals surface area (Å²) in [6.07, 6.45) is 2.07. The molecular formula is C11H22O3Si. The van der Waals surface area contributed by atoms with E-state index in [9.17, 15) is 4.79 Å². The molecule has 0 N–H and O–H groups in total. The molecule has 0 aromatic rings. The molecule has 0 atom stereocenters. The molecule has 4 heteroatoms. The molecule has 0 aliphatic heterocycles. The van der Waals surface area contributed by atoms with Crippen molar-refractivity contribution in [1.82, 2.24) is 0 Å². The smallest absolute Gasteiger partial charge is 0.293 e. The van der Waals surface area contributed by atoms with Crippen molar-refractivity contribution < 1.29 is 14.6 Å². The van der Waals surface area contributed by atoms with Gasteiger partial charge in [-0.05, 0) is 20.3 Å². The van der Waals surface area contributed by atoms with Crippen molar-refractivity contribution >= 4 is 14.8 Å². The maximum Gasteiger partial charge on any atom is 0.368 e. The van der Waals surface area contributed by atoms with Crippen molar-refractivity contribution in [1.29, 1.82) is 0 Å². The molecule has 0 bridgehead atoms. The van der Waals surface area contributed by atoms with Crippen LogP contribution in [-0.4, -0.2) is 21.4 Å². The van der Waals surface area contributed by atoms with Gasteiger partial charge in [-0.2, -0.15) is 4.89 Å². The van der Waals surface area contributed by atoms with Crippen molar-refractivity contribution in [3.63, 3.8) is 0 Å². The highest BCUT2D eigenvalue weighted by atomic mass is 28.3.